The minimum absolute atomic E-state index is 0.0275. The summed E-state index contributed by atoms with van der Waals surface area (Å²) in [6, 6.07) is 12.6. The smallest absolute Gasteiger partial charge is 0.258 e. The number of hydrogen-bond acceptors (Lipinski definition) is 5. The fraction of sp³-hybridized carbons (Fsp3) is 0.571. The first kappa shape index (κ1) is 23.9. The second kappa shape index (κ2) is 9.78. The van der Waals surface area contributed by atoms with Crippen molar-refractivity contribution in [1.29, 1.82) is 0 Å². The first-order valence-corrected chi connectivity index (χ1v) is 14.9. The van der Waals surface area contributed by atoms with Crippen LogP contribution in [0.4, 0.5) is 0 Å². The number of carbonyl (C=O) groups excluding carboxylic acids is 1. The molecule has 1 aromatic heterocycles. The van der Waals surface area contributed by atoms with Crippen molar-refractivity contribution in [1.82, 2.24) is 15.0 Å². The number of hydrogen-bond donors (Lipinski definition) is 2. The molecule has 0 saturated heterocycles. The van der Waals surface area contributed by atoms with Gasteiger partial charge in [-0.2, -0.15) is 0 Å². The molecule has 0 unspecified atom stereocenters. The molecule has 8 heteroatoms. The molecule has 192 valence electrons. The van der Waals surface area contributed by atoms with Crippen molar-refractivity contribution in [2.24, 2.45) is 23.7 Å². The van der Waals surface area contributed by atoms with Crippen LogP contribution in [0.2, 0.25) is 0 Å². The lowest BCUT2D eigenvalue weighted by Crippen LogP contribution is -2.55. The van der Waals surface area contributed by atoms with Gasteiger partial charge >= 0.3 is 0 Å². The average Bonchev–Trinajstić information content (AvgIpc) is 2.88. The molecule has 36 heavy (non-hydrogen) atoms. The lowest BCUT2D eigenvalue weighted by atomic mass is 9.54. The van der Waals surface area contributed by atoms with Gasteiger partial charge in [0.2, 0.25) is 0 Å². The normalized spacial score (nSPS) is 33.3. The molecule has 5 saturated carbocycles. The Morgan fingerprint density at radius 2 is 1.53 bits per heavy atom. The number of rotatable bonds is 7. The summed E-state index contributed by atoms with van der Waals surface area (Å²) in [5, 5.41) is 3.43. The minimum atomic E-state index is -3.61. The van der Waals surface area contributed by atoms with Crippen LogP contribution in [0.25, 0.3) is 0 Å². The largest absolute Gasteiger partial charge is 0.490 e. The van der Waals surface area contributed by atoms with Crippen LogP contribution < -0.4 is 14.8 Å². The van der Waals surface area contributed by atoms with E-state index >= 15 is 0 Å². The molecule has 0 aliphatic heterocycles. The van der Waals surface area contributed by atoms with E-state index in [0.29, 0.717) is 36.3 Å². The lowest BCUT2D eigenvalue weighted by Gasteiger charge is -2.54. The highest BCUT2D eigenvalue weighted by Crippen LogP contribution is 2.53. The van der Waals surface area contributed by atoms with Gasteiger partial charge in [0.15, 0.2) is 5.03 Å². The summed E-state index contributed by atoms with van der Waals surface area (Å²) in [5.74, 6) is 3.90. The molecular formula is C28H35N3O4S. The molecular weight excluding hydrogens is 474 g/mol. The summed E-state index contributed by atoms with van der Waals surface area (Å²) in [7, 11) is -3.61. The van der Waals surface area contributed by atoms with Crippen molar-refractivity contribution in [3.63, 3.8) is 0 Å². The van der Waals surface area contributed by atoms with Crippen LogP contribution in [0.5, 0.6) is 5.75 Å². The Hall–Kier alpha value is -2.45. The summed E-state index contributed by atoms with van der Waals surface area (Å²) in [6.45, 7) is 0. The van der Waals surface area contributed by atoms with Crippen LogP contribution in [0.15, 0.2) is 53.7 Å². The minimum Gasteiger partial charge on any atom is -0.490 e. The van der Waals surface area contributed by atoms with Crippen molar-refractivity contribution >= 4 is 15.9 Å². The quantitative estimate of drug-likeness (QED) is 0.580. The highest BCUT2D eigenvalue weighted by Gasteiger charge is 2.48. The zero-order valence-corrected chi connectivity index (χ0v) is 21.3. The van der Waals surface area contributed by atoms with E-state index < -0.39 is 10.0 Å². The molecule has 0 atom stereocenters. The van der Waals surface area contributed by atoms with Crippen molar-refractivity contribution in [3.05, 3.63) is 54.2 Å². The van der Waals surface area contributed by atoms with Gasteiger partial charge in [-0.3, -0.25) is 4.79 Å². The molecule has 5 aliphatic carbocycles. The van der Waals surface area contributed by atoms with Crippen LogP contribution in [-0.2, 0) is 10.0 Å². The van der Waals surface area contributed by atoms with E-state index in [-0.39, 0.29) is 23.1 Å². The van der Waals surface area contributed by atoms with Gasteiger partial charge in [0, 0.05) is 23.8 Å². The van der Waals surface area contributed by atoms with Gasteiger partial charge in [-0.15, -0.1) is 0 Å². The summed E-state index contributed by atoms with van der Waals surface area (Å²) < 4.78 is 34.0. The predicted molar refractivity (Wildman–Crippen MR) is 136 cm³/mol. The topological polar surface area (TPSA) is 97.4 Å². The Kier molecular flexibility index (Phi) is 6.50. The number of benzene rings is 1. The third-order valence-corrected chi connectivity index (χ3v) is 10.3. The second-order valence-electron chi connectivity index (χ2n) is 11.3. The molecule has 0 radical (unpaired) electrons. The van der Waals surface area contributed by atoms with Gasteiger partial charge in [-0.1, -0.05) is 6.07 Å². The number of nitrogens with zero attached hydrogens (tertiary/aromatic N) is 1. The van der Waals surface area contributed by atoms with E-state index in [1.165, 1.54) is 44.4 Å². The van der Waals surface area contributed by atoms with Crippen LogP contribution in [0, 0.1) is 23.7 Å². The van der Waals surface area contributed by atoms with Crippen LogP contribution in [0.1, 0.15) is 68.1 Å². The van der Waals surface area contributed by atoms with Gasteiger partial charge in [0.1, 0.15) is 5.75 Å². The molecule has 2 aromatic rings. The lowest BCUT2D eigenvalue weighted by molar-refractivity contribution is -0.0119. The van der Waals surface area contributed by atoms with Gasteiger partial charge in [0.05, 0.1) is 6.10 Å². The molecule has 1 amide bonds. The highest BCUT2D eigenvalue weighted by atomic mass is 32.2. The maximum atomic E-state index is 13.0. The van der Waals surface area contributed by atoms with Crippen molar-refractivity contribution in [2.45, 2.75) is 81.0 Å². The van der Waals surface area contributed by atoms with Crippen LogP contribution in [-0.4, -0.2) is 37.5 Å². The highest BCUT2D eigenvalue weighted by molar-refractivity contribution is 7.89. The van der Waals surface area contributed by atoms with E-state index in [0.717, 1.165) is 30.4 Å². The number of pyridine rings is 1. The van der Waals surface area contributed by atoms with Crippen LogP contribution >= 0.6 is 0 Å². The number of carbonyl (C=O) groups is 1. The first-order chi connectivity index (χ1) is 17.4. The monoisotopic (exact) mass is 509 g/mol. The zero-order chi connectivity index (χ0) is 24.7. The Morgan fingerprint density at radius 1 is 0.861 bits per heavy atom. The molecule has 5 aliphatic rings. The molecule has 1 heterocycles. The summed E-state index contributed by atoms with van der Waals surface area (Å²) in [4.78, 5) is 16.9. The Labute approximate surface area is 213 Å². The number of amides is 1. The maximum Gasteiger partial charge on any atom is 0.258 e. The number of aromatic nitrogens is 1. The van der Waals surface area contributed by atoms with E-state index in [2.05, 4.69) is 15.0 Å². The zero-order valence-electron chi connectivity index (χ0n) is 20.5. The Bertz CT molecular complexity index is 1150. The molecule has 1 aromatic carbocycles. The summed E-state index contributed by atoms with van der Waals surface area (Å²) in [6.07, 6.45) is 11.0. The molecule has 5 fully saturated rings. The number of nitrogens with one attached hydrogen (secondary N) is 2. The average molecular weight is 510 g/mol. The molecule has 0 spiro atoms. The molecule has 4 bridgehead atoms. The first-order valence-electron chi connectivity index (χ1n) is 13.4. The molecule has 7 rings (SSSR count). The molecule has 2 N–H and O–H groups in total. The number of ether oxygens (including phenoxy) is 1. The van der Waals surface area contributed by atoms with E-state index in [1.807, 2.05) is 24.3 Å². The van der Waals surface area contributed by atoms with Crippen molar-refractivity contribution in [3.8, 4) is 5.75 Å². The van der Waals surface area contributed by atoms with Gasteiger partial charge < -0.3 is 10.1 Å². The van der Waals surface area contributed by atoms with E-state index in [9.17, 15) is 13.2 Å². The van der Waals surface area contributed by atoms with Gasteiger partial charge in [0.25, 0.3) is 15.9 Å². The predicted octanol–water partition coefficient (Wildman–Crippen LogP) is 4.30. The van der Waals surface area contributed by atoms with Crippen molar-refractivity contribution < 1.29 is 17.9 Å². The standard InChI is InChI=1S/C28H35N3O4S/c32-28(30-27-21-14-18-13-19(16-21)17-22(27)15-18)20-4-8-24(9-5-20)35-25-10-6-23(7-11-25)31-36(33,34)26-3-1-2-12-29-26/h1-5,8-9,12,18-19,21-23,25,27,31H,6-7,10-11,13-17H2,(H,30,32)/t18?,19?,21?,22?,23-,25+,27?. The van der Waals surface area contributed by atoms with E-state index in [1.54, 1.807) is 12.1 Å². The Morgan fingerprint density at radius 3 is 2.14 bits per heavy atom. The van der Waals surface area contributed by atoms with Gasteiger partial charge in [-0.25, -0.2) is 18.1 Å². The summed E-state index contributed by atoms with van der Waals surface area (Å²) >= 11 is 0. The maximum absolute atomic E-state index is 13.0. The SMILES string of the molecule is O=C(NC1C2CC3CC(C2)CC1C3)c1ccc(O[C@H]2CC[C@@H](NS(=O)(=O)c3ccccn3)CC2)cc1. The third kappa shape index (κ3) is 5.02. The number of sulfonamides is 1. The molecule has 7 nitrogen and oxygen atoms in total. The Balaban J connectivity index is 0.987. The van der Waals surface area contributed by atoms with E-state index in [4.69, 9.17) is 4.74 Å². The summed E-state index contributed by atoms with van der Waals surface area (Å²) in [5.41, 5.74) is 0.684. The van der Waals surface area contributed by atoms with Crippen molar-refractivity contribution in [2.75, 3.05) is 0 Å². The third-order valence-electron chi connectivity index (χ3n) is 8.85. The fourth-order valence-corrected chi connectivity index (χ4v) is 8.61. The fourth-order valence-electron chi connectivity index (χ4n) is 7.36. The van der Waals surface area contributed by atoms with Crippen LogP contribution in [0.3, 0.4) is 0 Å². The van der Waals surface area contributed by atoms with Gasteiger partial charge in [-0.05, 0) is 118 Å². The second-order valence-corrected chi connectivity index (χ2v) is 13.0.